The average Bonchev–Trinajstić information content (AvgIpc) is 2.98. The molecular formula is C14H12ClN3O2. The molecule has 1 unspecified atom stereocenters. The van der Waals surface area contributed by atoms with Crippen molar-refractivity contribution in [3.63, 3.8) is 0 Å². The third-order valence-electron chi connectivity index (χ3n) is 3.29. The van der Waals surface area contributed by atoms with Crippen LogP contribution < -0.4 is 0 Å². The smallest absolute Gasteiger partial charge is 0.247 e. The van der Waals surface area contributed by atoms with Gasteiger partial charge in [-0.25, -0.2) is 0 Å². The topological polar surface area (TPSA) is 71.9 Å². The lowest BCUT2D eigenvalue weighted by Gasteiger charge is -2.18. The van der Waals surface area contributed by atoms with Crippen LogP contribution in [0, 0.1) is 11.3 Å². The number of ether oxygens (including phenoxy) is 1. The van der Waals surface area contributed by atoms with Gasteiger partial charge in [0.2, 0.25) is 11.8 Å². The number of nitrogens with zero attached hydrogens (tertiary/aromatic N) is 3. The Morgan fingerprint density at radius 1 is 1.35 bits per heavy atom. The van der Waals surface area contributed by atoms with Gasteiger partial charge in [-0.3, -0.25) is 0 Å². The predicted octanol–water partition coefficient (Wildman–Crippen LogP) is 3.16. The standard InChI is InChI=1S/C14H12ClN3O2/c15-12-6-9(3-4-10(12)7-16)13-17-18-14(20-13)11-2-1-5-19-8-11/h3-4,6,11H,1-2,5,8H2. The van der Waals surface area contributed by atoms with Crippen LogP contribution in [0.2, 0.25) is 5.02 Å². The number of rotatable bonds is 2. The maximum atomic E-state index is 8.85. The highest BCUT2D eigenvalue weighted by Crippen LogP contribution is 2.29. The summed E-state index contributed by atoms with van der Waals surface area (Å²) in [7, 11) is 0. The van der Waals surface area contributed by atoms with Crippen LogP contribution in [0.15, 0.2) is 22.6 Å². The monoisotopic (exact) mass is 289 g/mol. The second kappa shape index (κ2) is 5.61. The SMILES string of the molecule is N#Cc1ccc(-c2nnc(C3CCCOC3)o2)cc1Cl. The number of hydrogen-bond donors (Lipinski definition) is 0. The first-order chi connectivity index (χ1) is 9.78. The van der Waals surface area contributed by atoms with E-state index in [1.807, 2.05) is 6.07 Å². The predicted molar refractivity (Wildman–Crippen MR) is 72.3 cm³/mol. The summed E-state index contributed by atoms with van der Waals surface area (Å²) in [5, 5.41) is 17.4. The van der Waals surface area contributed by atoms with Gasteiger partial charge in [0.15, 0.2) is 0 Å². The van der Waals surface area contributed by atoms with Gasteiger partial charge in [-0.2, -0.15) is 5.26 Å². The van der Waals surface area contributed by atoms with Gasteiger partial charge in [-0.05, 0) is 31.0 Å². The lowest BCUT2D eigenvalue weighted by atomic mass is 10.0. The van der Waals surface area contributed by atoms with Crippen molar-refractivity contribution in [2.45, 2.75) is 18.8 Å². The fraction of sp³-hybridized carbons (Fsp3) is 0.357. The molecule has 0 spiro atoms. The van der Waals surface area contributed by atoms with Gasteiger partial charge in [0.25, 0.3) is 0 Å². The van der Waals surface area contributed by atoms with Gasteiger partial charge in [-0.1, -0.05) is 11.6 Å². The van der Waals surface area contributed by atoms with E-state index < -0.39 is 0 Å². The highest BCUT2D eigenvalue weighted by molar-refractivity contribution is 6.32. The molecule has 1 aliphatic heterocycles. The molecule has 2 aromatic rings. The van der Waals surface area contributed by atoms with Gasteiger partial charge in [0, 0.05) is 12.2 Å². The Morgan fingerprint density at radius 2 is 2.25 bits per heavy atom. The molecule has 0 bridgehead atoms. The summed E-state index contributed by atoms with van der Waals surface area (Å²) in [5.74, 6) is 1.18. The Balaban J connectivity index is 1.86. The number of benzene rings is 1. The normalized spacial score (nSPS) is 18.7. The molecule has 2 heterocycles. The van der Waals surface area contributed by atoms with E-state index in [2.05, 4.69) is 10.2 Å². The summed E-state index contributed by atoms with van der Waals surface area (Å²) >= 11 is 6.00. The molecule has 20 heavy (non-hydrogen) atoms. The number of halogens is 1. The number of aromatic nitrogens is 2. The van der Waals surface area contributed by atoms with Crippen molar-refractivity contribution in [3.05, 3.63) is 34.7 Å². The Bertz CT molecular complexity index is 657. The summed E-state index contributed by atoms with van der Waals surface area (Å²) in [6.45, 7) is 1.42. The van der Waals surface area contributed by atoms with Crippen molar-refractivity contribution < 1.29 is 9.15 Å². The number of nitriles is 1. The summed E-state index contributed by atoms with van der Waals surface area (Å²) in [6, 6.07) is 7.07. The van der Waals surface area contributed by atoms with Gasteiger partial charge >= 0.3 is 0 Å². The Morgan fingerprint density at radius 3 is 2.95 bits per heavy atom. The van der Waals surface area contributed by atoms with E-state index >= 15 is 0 Å². The first-order valence-electron chi connectivity index (χ1n) is 6.39. The highest BCUT2D eigenvalue weighted by atomic mass is 35.5. The van der Waals surface area contributed by atoms with E-state index in [0.717, 1.165) is 19.4 Å². The zero-order chi connectivity index (χ0) is 13.9. The molecule has 1 aromatic heterocycles. The van der Waals surface area contributed by atoms with Crippen LogP contribution in [0.1, 0.15) is 30.2 Å². The Labute approximate surface area is 121 Å². The largest absolute Gasteiger partial charge is 0.420 e. The first kappa shape index (κ1) is 13.1. The average molecular weight is 290 g/mol. The van der Waals surface area contributed by atoms with Crippen molar-refractivity contribution in [1.29, 1.82) is 5.26 Å². The summed E-state index contributed by atoms with van der Waals surface area (Å²) in [6.07, 6.45) is 2.00. The minimum atomic E-state index is 0.166. The van der Waals surface area contributed by atoms with E-state index in [9.17, 15) is 0 Å². The molecule has 0 radical (unpaired) electrons. The first-order valence-corrected chi connectivity index (χ1v) is 6.77. The molecule has 1 aromatic carbocycles. The van der Waals surface area contributed by atoms with Crippen LogP contribution in [0.4, 0.5) is 0 Å². The molecule has 102 valence electrons. The maximum absolute atomic E-state index is 8.85. The fourth-order valence-electron chi connectivity index (χ4n) is 2.19. The minimum Gasteiger partial charge on any atom is -0.420 e. The van der Waals surface area contributed by atoms with Gasteiger partial charge in [0.1, 0.15) is 6.07 Å². The van der Waals surface area contributed by atoms with Crippen molar-refractivity contribution >= 4 is 11.6 Å². The zero-order valence-electron chi connectivity index (χ0n) is 10.7. The molecule has 1 saturated heterocycles. The Hall–Kier alpha value is -1.90. The van der Waals surface area contributed by atoms with E-state index in [4.69, 9.17) is 26.0 Å². The summed E-state index contributed by atoms with van der Waals surface area (Å²) in [5.41, 5.74) is 1.14. The molecule has 0 N–H and O–H groups in total. The minimum absolute atomic E-state index is 0.166. The van der Waals surface area contributed by atoms with Crippen LogP contribution in [0.5, 0.6) is 0 Å². The van der Waals surface area contributed by atoms with E-state index in [-0.39, 0.29) is 5.92 Å². The molecule has 3 rings (SSSR count). The highest BCUT2D eigenvalue weighted by Gasteiger charge is 2.22. The molecule has 0 amide bonds. The van der Waals surface area contributed by atoms with Gasteiger partial charge in [-0.15, -0.1) is 10.2 Å². The van der Waals surface area contributed by atoms with Crippen LogP contribution >= 0.6 is 11.6 Å². The fourth-order valence-corrected chi connectivity index (χ4v) is 2.41. The summed E-state index contributed by atoms with van der Waals surface area (Å²) in [4.78, 5) is 0. The van der Waals surface area contributed by atoms with Crippen molar-refractivity contribution in [3.8, 4) is 17.5 Å². The van der Waals surface area contributed by atoms with Crippen LogP contribution in [0.3, 0.4) is 0 Å². The van der Waals surface area contributed by atoms with E-state index in [1.54, 1.807) is 18.2 Å². The van der Waals surface area contributed by atoms with Gasteiger partial charge in [0.05, 0.1) is 23.1 Å². The van der Waals surface area contributed by atoms with Crippen molar-refractivity contribution in [2.24, 2.45) is 0 Å². The lowest BCUT2D eigenvalue weighted by Crippen LogP contribution is -2.15. The summed E-state index contributed by atoms with van der Waals surface area (Å²) < 4.78 is 11.1. The third-order valence-corrected chi connectivity index (χ3v) is 3.60. The van der Waals surface area contributed by atoms with Crippen LogP contribution in [-0.4, -0.2) is 23.4 Å². The molecule has 0 saturated carbocycles. The second-order valence-corrected chi connectivity index (χ2v) is 5.07. The lowest BCUT2D eigenvalue weighted by molar-refractivity contribution is 0.0727. The quantitative estimate of drug-likeness (QED) is 0.849. The third kappa shape index (κ3) is 2.53. The van der Waals surface area contributed by atoms with Crippen LogP contribution in [0.25, 0.3) is 11.5 Å². The Kier molecular flexibility index (Phi) is 3.68. The molecule has 1 fully saturated rings. The molecule has 0 aliphatic carbocycles. The number of hydrogen-bond acceptors (Lipinski definition) is 5. The van der Waals surface area contributed by atoms with Crippen molar-refractivity contribution in [2.75, 3.05) is 13.2 Å². The molecule has 1 atom stereocenters. The molecular weight excluding hydrogens is 278 g/mol. The zero-order valence-corrected chi connectivity index (χ0v) is 11.4. The van der Waals surface area contributed by atoms with Gasteiger partial charge < -0.3 is 9.15 Å². The molecule has 5 nitrogen and oxygen atoms in total. The van der Waals surface area contributed by atoms with Crippen LogP contribution in [-0.2, 0) is 4.74 Å². The molecule has 6 heteroatoms. The maximum Gasteiger partial charge on any atom is 0.247 e. The van der Waals surface area contributed by atoms with E-state index in [1.165, 1.54) is 0 Å². The molecule has 1 aliphatic rings. The van der Waals surface area contributed by atoms with E-state index in [0.29, 0.717) is 34.5 Å². The second-order valence-electron chi connectivity index (χ2n) is 4.67. The van der Waals surface area contributed by atoms with Crippen molar-refractivity contribution in [1.82, 2.24) is 10.2 Å².